The van der Waals surface area contributed by atoms with Gasteiger partial charge in [-0.25, -0.2) is 4.98 Å². The fraction of sp³-hybridized carbons (Fsp3) is 0.235. The third-order valence-corrected chi connectivity index (χ3v) is 4.26. The van der Waals surface area contributed by atoms with Crippen LogP contribution >= 0.6 is 11.6 Å². The van der Waals surface area contributed by atoms with Crippen molar-refractivity contribution in [3.63, 3.8) is 0 Å². The van der Waals surface area contributed by atoms with Crippen LogP contribution in [0, 0.1) is 18.3 Å². The number of nitriles is 1. The molecule has 3 aromatic rings. The van der Waals surface area contributed by atoms with Crippen molar-refractivity contribution >= 4 is 28.4 Å². The molecule has 24 heavy (non-hydrogen) atoms. The van der Waals surface area contributed by atoms with Gasteiger partial charge in [-0.1, -0.05) is 11.6 Å². The number of nitrogens with one attached hydrogen (secondary N) is 2. The van der Waals surface area contributed by atoms with Gasteiger partial charge in [0.15, 0.2) is 6.39 Å². The molecule has 2 N–H and O–H groups in total. The number of aromatic amines is 1. The van der Waals surface area contributed by atoms with Crippen molar-refractivity contribution in [3.05, 3.63) is 40.6 Å². The second-order valence-electron chi connectivity index (χ2n) is 5.45. The van der Waals surface area contributed by atoms with Crippen molar-refractivity contribution in [2.75, 3.05) is 6.54 Å². The number of carbonyl (C=O) groups is 1. The normalized spacial score (nSPS) is 10.8. The maximum atomic E-state index is 11.0. The average molecular weight is 343 g/mol. The number of aryl methyl sites for hydroxylation is 1. The van der Waals surface area contributed by atoms with Gasteiger partial charge < -0.3 is 14.7 Å². The Morgan fingerprint density at radius 1 is 1.54 bits per heavy atom. The summed E-state index contributed by atoms with van der Waals surface area (Å²) in [4.78, 5) is 18.5. The number of fused-ring (bicyclic) bond motifs is 1. The monoisotopic (exact) mass is 342 g/mol. The Balaban J connectivity index is 2.16. The van der Waals surface area contributed by atoms with Gasteiger partial charge >= 0.3 is 0 Å². The SMILES string of the molecule is CC(=O)NCCc1c[nH]c2c(-c3ncoc3C)cc(C#N)c(Cl)c12. The summed E-state index contributed by atoms with van der Waals surface area (Å²) in [5.74, 6) is 0.578. The molecule has 3 rings (SSSR count). The molecule has 0 aliphatic heterocycles. The molecule has 0 aliphatic carbocycles. The molecule has 0 unspecified atom stereocenters. The number of oxazole rings is 1. The predicted molar refractivity (Wildman–Crippen MR) is 90.6 cm³/mol. The maximum Gasteiger partial charge on any atom is 0.216 e. The van der Waals surface area contributed by atoms with Crippen LogP contribution in [0.25, 0.3) is 22.2 Å². The number of amides is 1. The number of benzene rings is 1. The number of halogens is 1. The average Bonchev–Trinajstić information content (AvgIpc) is 3.15. The Morgan fingerprint density at radius 3 is 2.96 bits per heavy atom. The first-order valence-corrected chi connectivity index (χ1v) is 7.78. The molecule has 0 aliphatic rings. The van der Waals surface area contributed by atoms with E-state index in [4.69, 9.17) is 16.0 Å². The number of carbonyl (C=O) groups excluding carboxylic acids is 1. The van der Waals surface area contributed by atoms with Crippen LogP contribution in [0.5, 0.6) is 0 Å². The Kier molecular flexibility index (Phi) is 4.28. The summed E-state index contributed by atoms with van der Waals surface area (Å²) in [6, 6.07) is 3.84. The molecule has 7 heteroatoms. The highest BCUT2D eigenvalue weighted by molar-refractivity contribution is 6.37. The van der Waals surface area contributed by atoms with Crippen LogP contribution in [0.15, 0.2) is 23.1 Å². The minimum Gasteiger partial charge on any atom is -0.448 e. The van der Waals surface area contributed by atoms with Crippen molar-refractivity contribution in [2.45, 2.75) is 20.3 Å². The van der Waals surface area contributed by atoms with Gasteiger partial charge in [-0.3, -0.25) is 4.79 Å². The molecule has 2 heterocycles. The minimum absolute atomic E-state index is 0.0856. The molecule has 0 radical (unpaired) electrons. The van der Waals surface area contributed by atoms with Gasteiger partial charge in [0, 0.05) is 30.6 Å². The van der Waals surface area contributed by atoms with Crippen molar-refractivity contribution in [3.8, 4) is 17.3 Å². The van der Waals surface area contributed by atoms with E-state index < -0.39 is 0 Å². The quantitative estimate of drug-likeness (QED) is 0.760. The molecule has 1 aromatic carbocycles. The number of aromatic nitrogens is 2. The molecular formula is C17H15ClN4O2. The van der Waals surface area contributed by atoms with Gasteiger partial charge in [-0.05, 0) is 25.0 Å². The van der Waals surface area contributed by atoms with Crippen LogP contribution in [0.2, 0.25) is 5.02 Å². The van der Waals surface area contributed by atoms with E-state index in [1.807, 2.05) is 13.1 Å². The molecule has 0 spiro atoms. The smallest absolute Gasteiger partial charge is 0.216 e. The van der Waals surface area contributed by atoms with Crippen LogP contribution in [-0.4, -0.2) is 22.4 Å². The number of rotatable bonds is 4. The molecule has 0 atom stereocenters. The summed E-state index contributed by atoms with van der Waals surface area (Å²) in [7, 11) is 0. The first-order chi connectivity index (χ1) is 11.5. The Labute approximate surface area is 143 Å². The molecule has 0 saturated carbocycles. The molecule has 1 amide bonds. The van der Waals surface area contributed by atoms with E-state index in [-0.39, 0.29) is 5.91 Å². The lowest BCUT2D eigenvalue weighted by molar-refractivity contribution is -0.118. The van der Waals surface area contributed by atoms with Crippen LogP contribution < -0.4 is 5.32 Å². The van der Waals surface area contributed by atoms with E-state index >= 15 is 0 Å². The van der Waals surface area contributed by atoms with Gasteiger partial charge in [0.25, 0.3) is 0 Å². The van der Waals surface area contributed by atoms with E-state index in [0.717, 1.165) is 22.0 Å². The summed E-state index contributed by atoms with van der Waals surface area (Å²) >= 11 is 6.43. The van der Waals surface area contributed by atoms with Crippen LogP contribution in [0.3, 0.4) is 0 Å². The van der Waals surface area contributed by atoms with Crippen molar-refractivity contribution in [1.82, 2.24) is 15.3 Å². The van der Waals surface area contributed by atoms with E-state index in [1.165, 1.54) is 13.3 Å². The van der Waals surface area contributed by atoms with Gasteiger partial charge in [0.1, 0.15) is 17.5 Å². The fourth-order valence-electron chi connectivity index (χ4n) is 2.74. The Bertz CT molecular complexity index is 965. The largest absolute Gasteiger partial charge is 0.448 e. The Morgan fingerprint density at radius 2 is 2.33 bits per heavy atom. The molecular weight excluding hydrogens is 328 g/mol. The van der Waals surface area contributed by atoms with Crippen molar-refractivity contribution in [1.29, 1.82) is 5.26 Å². The second-order valence-corrected chi connectivity index (χ2v) is 5.83. The molecule has 122 valence electrons. The summed E-state index contributed by atoms with van der Waals surface area (Å²) in [6.45, 7) is 3.78. The zero-order chi connectivity index (χ0) is 17.3. The summed E-state index contributed by atoms with van der Waals surface area (Å²) in [6.07, 6.45) is 3.82. The molecule has 0 saturated heterocycles. The van der Waals surface area contributed by atoms with Gasteiger partial charge in [-0.15, -0.1) is 0 Å². The topological polar surface area (TPSA) is 94.7 Å². The number of nitrogens with zero attached hydrogens (tertiary/aromatic N) is 2. The van der Waals surface area contributed by atoms with E-state index in [1.54, 1.807) is 6.07 Å². The number of hydrogen-bond acceptors (Lipinski definition) is 4. The molecule has 6 nitrogen and oxygen atoms in total. The lowest BCUT2D eigenvalue weighted by Crippen LogP contribution is -2.22. The second kappa shape index (κ2) is 6.38. The number of hydrogen-bond donors (Lipinski definition) is 2. The summed E-state index contributed by atoms with van der Waals surface area (Å²) < 4.78 is 5.28. The third-order valence-electron chi connectivity index (χ3n) is 3.86. The lowest BCUT2D eigenvalue weighted by atomic mass is 10.0. The van der Waals surface area contributed by atoms with E-state index in [9.17, 15) is 10.1 Å². The van der Waals surface area contributed by atoms with Crippen LogP contribution in [0.1, 0.15) is 23.8 Å². The summed E-state index contributed by atoms with van der Waals surface area (Å²) in [5, 5.41) is 13.3. The zero-order valence-electron chi connectivity index (χ0n) is 13.2. The molecule has 0 bridgehead atoms. The first-order valence-electron chi connectivity index (χ1n) is 7.40. The maximum absolute atomic E-state index is 11.0. The lowest BCUT2D eigenvalue weighted by Gasteiger charge is -2.07. The minimum atomic E-state index is -0.0856. The molecule has 2 aromatic heterocycles. The van der Waals surface area contributed by atoms with Crippen LogP contribution in [-0.2, 0) is 11.2 Å². The Hall–Kier alpha value is -2.78. The highest BCUT2D eigenvalue weighted by Crippen LogP contribution is 2.37. The van der Waals surface area contributed by atoms with Gasteiger partial charge in [-0.2, -0.15) is 5.26 Å². The molecule has 0 fully saturated rings. The predicted octanol–water partition coefficient (Wildman–Crippen LogP) is 3.34. The highest BCUT2D eigenvalue weighted by Gasteiger charge is 2.19. The number of H-pyrrole nitrogens is 1. The first kappa shape index (κ1) is 16.1. The third kappa shape index (κ3) is 2.74. The van der Waals surface area contributed by atoms with Crippen molar-refractivity contribution < 1.29 is 9.21 Å². The zero-order valence-corrected chi connectivity index (χ0v) is 14.0. The fourth-order valence-corrected chi connectivity index (χ4v) is 3.06. The van der Waals surface area contributed by atoms with Crippen LogP contribution in [0.4, 0.5) is 0 Å². The standard InChI is InChI=1S/C17H15ClN4O2/c1-9-16(22-8-24-9)13-5-12(6-19)15(18)14-11(7-21-17(13)14)3-4-20-10(2)23/h5,7-8,21H,3-4H2,1-2H3,(H,20,23). The van der Waals surface area contributed by atoms with Crippen molar-refractivity contribution in [2.24, 2.45) is 0 Å². The van der Waals surface area contributed by atoms with Gasteiger partial charge in [0.05, 0.1) is 16.1 Å². The van der Waals surface area contributed by atoms with Gasteiger partial charge in [0.2, 0.25) is 5.91 Å². The van der Waals surface area contributed by atoms with E-state index in [0.29, 0.717) is 35.0 Å². The highest BCUT2D eigenvalue weighted by atomic mass is 35.5. The van der Waals surface area contributed by atoms with E-state index in [2.05, 4.69) is 21.4 Å². The summed E-state index contributed by atoms with van der Waals surface area (Å²) in [5.41, 5.74) is 3.55.